The molecule has 0 bridgehead atoms. The smallest absolute Gasteiger partial charge is 0.237 e. The molecule has 1 aliphatic heterocycles. The van der Waals surface area contributed by atoms with Crippen LogP contribution in [0.2, 0.25) is 0 Å². The van der Waals surface area contributed by atoms with Crippen LogP contribution < -0.4 is 10.1 Å². The van der Waals surface area contributed by atoms with Crippen LogP contribution in [0.3, 0.4) is 0 Å². The number of para-hydroxylation sites is 1. The lowest BCUT2D eigenvalue weighted by molar-refractivity contribution is -0.128. The zero-order valence-electron chi connectivity index (χ0n) is 15.1. The molecule has 0 radical (unpaired) electrons. The van der Waals surface area contributed by atoms with E-state index in [4.69, 9.17) is 9.47 Å². The number of benzene rings is 1. The molecule has 0 aliphatic carbocycles. The van der Waals surface area contributed by atoms with Gasteiger partial charge in [-0.15, -0.1) is 0 Å². The van der Waals surface area contributed by atoms with E-state index in [-0.39, 0.29) is 11.9 Å². The van der Waals surface area contributed by atoms with Gasteiger partial charge in [-0.3, -0.25) is 9.69 Å². The van der Waals surface area contributed by atoms with Crippen LogP contribution in [0.5, 0.6) is 11.6 Å². The molecule has 2 heterocycles. The summed E-state index contributed by atoms with van der Waals surface area (Å²) in [6.45, 7) is 5.37. The van der Waals surface area contributed by atoms with Crippen LogP contribution in [0.15, 0.2) is 48.7 Å². The number of hydrogen-bond donors (Lipinski definition) is 1. The maximum atomic E-state index is 12.7. The Kier molecular flexibility index (Phi) is 6.57. The van der Waals surface area contributed by atoms with Crippen LogP contribution >= 0.6 is 0 Å². The number of rotatable bonds is 7. The number of carbonyl (C=O) groups is 1. The first kappa shape index (κ1) is 18.4. The normalized spacial score (nSPS) is 16.0. The van der Waals surface area contributed by atoms with Crippen molar-refractivity contribution in [1.82, 2.24) is 15.2 Å². The summed E-state index contributed by atoms with van der Waals surface area (Å²) in [5.41, 5.74) is 0.849. The first-order valence-corrected chi connectivity index (χ1v) is 9.04. The summed E-state index contributed by atoms with van der Waals surface area (Å²) in [6, 6.07) is 13.1. The van der Waals surface area contributed by atoms with E-state index < -0.39 is 0 Å². The van der Waals surface area contributed by atoms with E-state index in [2.05, 4.69) is 15.2 Å². The van der Waals surface area contributed by atoms with Crippen molar-refractivity contribution >= 4 is 5.91 Å². The number of nitrogens with one attached hydrogen (secondary N) is 1. The third-order valence-electron chi connectivity index (χ3n) is 4.44. The number of nitrogens with zero attached hydrogens (tertiary/aromatic N) is 2. The van der Waals surface area contributed by atoms with Crippen LogP contribution in [-0.4, -0.2) is 48.1 Å². The van der Waals surface area contributed by atoms with Gasteiger partial charge in [0.15, 0.2) is 0 Å². The molecule has 6 heteroatoms. The molecule has 0 spiro atoms. The molecule has 2 aromatic rings. The Labute approximate surface area is 154 Å². The second kappa shape index (κ2) is 9.31. The van der Waals surface area contributed by atoms with Gasteiger partial charge in [-0.05, 0) is 24.6 Å². The molecular formula is C20H25N3O3. The summed E-state index contributed by atoms with van der Waals surface area (Å²) in [5, 5.41) is 3.03. The molecule has 0 saturated carbocycles. The summed E-state index contributed by atoms with van der Waals surface area (Å²) in [7, 11) is 0. The standard InChI is InChI=1S/C20H25N3O3/c1-2-18(23-11-13-25-14-12-23)19(24)22-15-16-7-6-10-21-20(16)26-17-8-4-3-5-9-17/h3-10,18H,2,11-15H2,1H3,(H,22,24). The first-order chi connectivity index (χ1) is 12.8. The molecule has 3 rings (SSSR count). The SMILES string of the molecule is CCC(C(=O)NCc1cccnc1Oc1ccccc1)N1CCOCC1. The Morgan fingerprint density at radius 1 is 1.23 bits per heavy atom. The molecule has 1 fully saturated rings. The zero-order chi connectivity index (χ0) is 18.2. The monoisotopic (exact) mass is 355 g/mol. The van der Waals surface area contributed by atoms with Gasteiger partial charge in [-0.2, -0.15) is 0 Å². The molecule has 1 N–H and O–H groups in total. The molecule has 26 heavy (non-hydrogen) atoms. The van der Waals surface area contributed by atoms with Crippen LogP contribution in [0.4, 0.5) is 0 Å². The molecule has 1 amide bonds. The number of pyridine rings is 1. The topological polar surface area (TPSA) is 63.7 Å². The second-order valence-electron chi connectivity index (χ2n) is 6.17. The summed E-state index contributed by atoms with van der Waals surface area (Å²) < 4.78 is 11.2. The molecule has 1 aromatic heterocycles. The van der Waals surface area contributed by atoms with E-state index in [1.807, 2.05) is 49.4 Å². The molecule has 1 atom stereocenters. The Morgan fingerprint density at radius 3 is 2.73 bits per heavy atom. The number of morpholine rings is 1. The predicted octanol–water partition coefficient (Wildman–Crippen LogP) is 2.60. The molecule has 1 unspecified atom stereocenters. The second-order valence-corrected chi connectivity index (χ2v) is 6.17. The third-order valence-corrected chi connectivity index (χ3v) is 4.44. The molecule has 1 aliphatic rings. The minimum absolute atomic E-state index is 0.0314. The minimum Gasteiger partial charge on any atom is -0.439 e. The summed E-state index contributed by atoms with van der Waals surface area (Å²) in [4.78, 5) is 19.2. The van der Waals surface area contributed by atoms with Crippen molar-refractivity contribution in [3.05, 3.63) is 54.2 Å². The lowest BCUT2D eigenvalue weighted by Crippen LogP contribution is -2.50. The van der Waals surface area contributed by atoms with E-state index in [0.29, 0.717) is 25.6 Å². The lowest BCUT2D eigenvalue weighted by atomic mass is 10.1. The average Bonchev–Trinajstić information content (AvgIpc) is 2.69. The molecule has 138 valence electrons. The van der Waals surface area contributed by atoms with Gasteiger partial charge in [-0.25, -0.2) is 4.98 Å². The molecule has 1 aromatic carbocycles. The number of hydrogen-bond acceptors (Lipinski definition) is 5. The van der Waals surface area contributed by atoms with Gasteiger partial charge in [0.2, 0.25) is 11.8 Å². The number of ether oxygens (including phenoxy) is 2. The third kappa shape index (κ3) is 4.80. The minimum atomic E-state index is -0.130. The van der Waals surface area contributed by atoms with Gasteiger partial charge in [0.1, 0.15) is 5.75 Å². The van der Waals surface area contributed by atoms with Gasteiger partial charge < -0.3 is 14.8 Å². The van der Waals surface area contributed by atoms with Crippen molar-refractivity contribution in [2.24, 2.45) is 0 Å². The van der Waals surface area contributed by atoms with Crippen molar-refractivity contribution in [2.75, 3.05) is 26.3 Å². The fourth-order valence-corrected chi connectivity index (χ4v) is 3.05. The number of aromatic nitrogens is 1. The van der Waals surface area contributed by atoms with Crippen LogP contribution in [-0.2, 0) is 16.1 Å². The Morgan fingerprint density at radius 2 is 2.00 bits per heavy atom. The largest absolute Gasteiger partial charge is 0.439 e. The fourth-order valence-electron chi connectivity index (χ4n) is 3.05. The molecule has 6 nitrogen and oxygen atoms in total. The Hall–Kier alpha value is -2.44. The van der Waals surface area contributed by atoms with Crippen LogP contribution in [0.1, 0.15) is 18.9 Å². The lowest BCUT2D eigenvalue weighted by Gasteiger charge is -2.33. The Bertz CT molecular complexity index is 702. The first-order valence-electron chi connectivity index (χ1n) is 9.04. The van der Waals surface area contributed by atoms with E-state index >= 15 is 0 Å². The number of amides is 1. The highest BCUT2D eigenvalue weighted by molar-refractivity contribution is 5.81. The maximum absolute atomic E-state index is 12.7. The molecule has 1 saturated heterocycles. The molecular weight excluding hydrogens is 330 g/mol. The van der Waals surface area contributed by atoms with Crippen molar-refractivity contribution in [1.29, 1.82) is 0 Å². The zero-order valence-corrected chi connectivity index (χ0v) is 15.1. The Balaban J connectivity index is 1.62. The van der Waals surface area contributed by atoms with Crippen LogP contribution in [0, 0.1) is 0 Å². The quantitative estimate of drug-likeness (QED) is 0.827. The highest BCUT2D eigenvalue weighted by Gasteiger charge is 2.25. The van der Waals surface area contributed by atoms with Gasteiger partial charge in [0.05, 0.1) is 19.3 Å². The van der Waals surface area contributed by atoms with Crippen molar-refractivity contribution < 1.29 is 14.3 Å². The van der Waals surface area contributed by atoms with Crippen molar-refractivity contribution in [3.63, 3.8) is 0 Å². The van der Waals surface area contributed by atoms with Gasteiger partial charge in [0.25, 0.3) is 0 Å². The predicted molar refractivity (Wildman–Crippen MR) is 99.1 cm³/mol. The van der Waals surface area contributed by atoms with E-state index in [1.165, 1.54) is 0 Å². The van der Waals surface area contributed by atoms with E-state index in [9.17, 15) is 4.79 Å². The fraction of sp³-hybridized carbons (Fsp3) is 0.400. The average molecular weight is 355 g/mol. The maximum Gasteiger partial charge on any atom is 0.237 e. The van der Waals surface area contributed by atoms with Crippen LogP contribution in [0.25, 0.3) is 0 Å². The van der Waals surface area contributed by atoms with Crippen molar-refractivity contribution in [3.8, 4) is 11.6 Å². The van der Waals surface area contributed by atoms with Gasteiger partial charge in [0, 0.05) is 31.4 Å². The van der Waals surface area contributed by atoms with E-state index in [1.54, 1.807) is 6.20 Å². The highest BCUT2D eigenvalue weighted by atomic mass is 16.5. The number of carbonyl (C=O) groups excluding carboxylic acids is 1. The van der Waals surface area contributed by atoms with E-state index in [0.717, 1.165) is 30.8 Å². The van der Waals surface area contributed by atoms with Gasteiger partial charge in [-0.1, -0.05) is 31.2 Å². The summed E-state index contributed by atoms with van der Waals surface area (Å²) in [6.07, 6.45) is 2.46. The van der Waals surface area contributed by atoms with Crippen molar-refractivity contribution in [2.45, 2.75) is 25.9 Å². The van der Waals surface area contributed by atoms with Gasteiger partial charge >= 0.3 is 0 Å². The highest BCUT2D eigenvalue weighted by Crippen LogP contribution is 2.22. The summed E-state index contributed by atoms with van der Waals surface area (Å²) in [5.74, 6) is 1.26. The summed E-state index contributed by atoms with van der Waals surface area (Å²) >= 11 is 0.